The summed E-state index contributed by atoms with van der Waals surface area (Å²) in [6.45, 7) is 1.84. The van der Waals surface area contributed by atoms with E-state index in [0.29, 0.717) is 5.71 Å². The number of primary amides is 1. The van der Waals surface area contributed by atoms with Crippen LogP contribution in [0.3, 0.4) is 0 Å². The summed E-state index contributed by atoms with van der Waals surface area (Å²) in [7, 11) is 0. The zero-order valence-electron chi connectivity index (χ0n) is 4.69. The predicted octanol–water partition coefficient (Wildman–Crippen LogP) is -0.306. The van der Waals surface area contributed by atoms with Crippen molar-refractivity contribution in [2.45, 2.75) is 6.92 Å². The van der Waals surface area contributed by atoms with Crippen LogP contribution in [0.4, 0.5) is 4.79 Å². The smallest absolute Gasteiger partial charge is 0.312 e. The Balaban J connectivity index is 3.18. The molecule has 46 valence electrons. The third-order valence-electron chi connectivity index (χ3n) is 0.528. The Morgan fingerprint density at radius 3 is 2.50 bits per heavy atom. The van der Waals surface area contributed by atoms with Gasteiger partial charge in [-0.3, -0.25) is 0 Å². The van der Waals surface area contributed by atoms with Gasteiger partial charge in [-0.1, -0.05) is 0 Å². The molecule has 0 aromatic carbocycles. The molecule has 0 saturated heterocycles. The van der Waals surface area contributed by atoms with Crippen molar-refractivity contribution in [3.63, 3.8) is 0 Å². The van der Waals surface area contributed by atoms with Gasteiger partial charge in [0.15, 0.2) is 0 Å². The third kappa shape index (κ3) is 4.94. The summed E-state index contributed by atoms with van der Waals surface area (Å²) in [5, 5.41) is 9.08. The van der Waals surface area contributed by atoms with E-state index in [1.807, 2.05) is 0 Å². The largest absolute Gasteiger partial charge is 0.352 e. The maximum absolute atomic E-state index is 9.92. The van der Waals surface area contributed by atoms with Crippen molar-refractivity contribution in [2.24, 2.45) is 5.73 Å². The number of rotatable bonds is 2. The molecule has 2 amide bonds. The molecule has 0 bridgehead atoms. The average Bonchev–Trinajstić information content (AvgIpc) is 1.61. The molecule has 4 N–H and O–H groups in total. The predicted molar refractivity (Wildman–Crippen MR) is 31.0 cm³/mol. The van der Waals surface area contributed by atoms with Crippen molar-refractivity contribution < 1.29 is 4.79 Å². The monoisotopic (exact) mass is 115 g/mol. The molecule has 0 radical (unpaired) electrons. The Kier molecular flexibility index (Phi) is 2.61. The lowest BCUT2D eigenvalue weighted by atomic mass is 10.4. The van der Waals surface area contributed by atoms with Crippen LogP contribution in [0.5, 0.6) is 0 Å². The number of carbonyl (C=O) groups excluding carboxylic acids is 1. The summed E-state index contributed by atoms with van der Waals surface area (Å²) in [5.74, 6) is 0. The van der Waals surface area contributed by atoms with Gasteiger partial charge in [-0.2, -0.15) is 0 Å². The number of amides is 2. The molecular formula is C4H9N3O. The molecule has 0 spiro atoms. The summed E-state index contributed by atoms with van der Waals surface area (Å²) in [4.78, 5) is 9.92. The van der Waals surface area contributed by atoms with Crippen molar-refractivity contribution >= 4 is 11.7 Å². The van der Waals surface area contributed by atoms with Crippen LogP contribution in [0.2, 0.25) is 0 Å². The molecule has 0 rings (SSSR count). The second-order valence-electron chi connectivity index (χ2n) is 1.50. The van der Waals surface area contributed by atoms with E-state index in [9.17, 15) is 4.79 Å². The molecule has 0 heterocycles. The highest BCUT2D eigenvalue weighted by Gasteiger charge is 1.89. The summed E-state index contributed by atoms with van der Waals surface area (Å²) in [6, 6.07) is -0.586. The Morgan fingerprint density at radius 2 is 2.38 bits per heavy atom. The second-order valence-corrected chi connectivity index (χ2v) is 1.50. The van der Waals surface area contributed by atoms with Crippen LogP contribution in [-0.4, -0.2) is 18.3 Å². The van der Waals surface area contributed by atoms with E-state index < -0.39 is 6.03 Å². The Hall–Kier alpha value is -1.06. The van der Waals surface area contributed by atoms with Gasteiger partial charge in [-0.25, -0.2) is 4.79 Å². The number of nitrogens with one attached hydrogen (secondary N) is 2. The normalized spacial score (nSPS) is 8.12. The van der Waals surface area contributed by atoms with Gasteiger partial charge in [-0.05, 0) is 6.92 Å². The first-order valence-corrected chi connectivity index (χ1v) is 2.20. The van der Waals surface area contributed by atoms with Gasteiger partial charge in [-0.15, -0.1) is 0 Å². The molecule has 0 aromatic rings. The topological polar surface area (TPSA) is 79.0 Å². The van der Waals surface area contributed by atoms with Crippen molar-refractivity contribution in [2.75, 3.05) is 6.54 Å². The molecule has 4 heteroatoms. The number of hydrogen-bond acceptors (Lipinski definition) is 2. The number of hydrogen-bond donors (Lipinski definition) is 3. The Labute approximate surface area is 47.6 Å². The minimum absolute atomic E-state index is 0.245. The molecule has 0 aliphatic heterocycles. The SMILES string of the molecule is CC(=N)CNC(N)=O. The van der Waals surface area contributed by atoms with Gasteiger partial charge in [0.05, 0.1) is 6.54 Å². The lowest BCUT2D eigenvalue weighted by molar-refractivity contribution is 0.250. The first kappa shape index (κ1) is 6.94. The molecule has 0 atom stereocenters. The zero-order chi connectivity index (χ0) is 6.57. The molecule has 0 fully saturated rings. The minimum Gasteiger partial charge on any atom is -0.352 e. The minimum atomic E-state index is -0.586. The lowest BCUT2D eigenvalue weighted by Gasteiger charge is -1.95. The highest BCUT2D eigenvalue weighted by Crippen LogP contribution is 1.63. The average molecular weight is 115 g/mol. The van der Waals surface area contributed by atoms with E-state index in [2.05, 4.69) is 5.32 Å². The van der Waals surface area contributed by atoms with E-state index in [0.717, 1.165) is 0 Å². The zero-order valence-corrected chi connectivity index (χ0v) is 4.69. The van der Waals surface area contributed by atoms with Crippen LogP contribution >= 0.6 is 0 Å². The fraction of sp³-hybridized carbons (Fsp3) is 0.500. The second kappa shape index (κ2) is 3.01. The quantitative estimate of drug-likeness (QED) is 0.424. The maximum atomic E-state index is 9.92. The number of nitrogens with two attached hydrogens (primary N) is 1. The van der Waals surface area contributed by atoms with E-state index in [1.165, 1.54) is 0 Å². The van der Waals surface area contributed by atoms with Crippen LogP contribution in [0.15, 0.2) is 0 Å². The van der Waals surface area contributed by atoms with Crippen LogP contribution in [0.1, 0.15) is 6.92 Å². The van der Waals surface area contributed by atoms with Crippen LogP contribution in [0, 0.1) is 5.41 Å². The van der Waals surface area contributed by atoms with E-state index >= 15 is 0 Å². The van der Waals surface area contributed by atoms with E-state index in [4.69, 9.17) is 11.1 Å². The summed E-state index contributed by atoms with van der Waals surface area (Å²) >= 11 is 0. The van der Waals surface area contributed by atoms with E-state index in [1.54, 1.807) is 6.92 Å². The molecule has 0 aromatic heterocycles. The molecule has 8 heavy (non-hydrogen) atoms. The first-order valence-electron chi connectivity index (χ1n) is 2.20. The van der Waals surface area contributed by atoms with Gasteiger partial charge in [0, 0.05) is 5.71 Å². The van der Waals surface area contributed by atoms with Crippen molar-refractivity contribution in [1.29, 1.82) is 5.41 Å². The first-order chi connectivity index (χ1) is 3.63. The fourth-order valence-electron chi connectivity index (χ4n) is 0.220. The fourth-order valence-corrected chi connectivity index (χ4v) is 0.220. The molecule has 4 nitrogen and oxygen atoms in total. The lowest BCUT2D eigenvalue weighted by Crippen LogP contribution is -2.32. The molecule has 0 saturated carbocycles. The highest BCUT2D eigenvalue weighted by atomic mass is 16.2. The van der Waals surface area contributed by atoms with Crippen LogP contribution < -0.4 is 11.1 Å². The van der Waals surface area contributed by atoms with Gasteiger partial charge in [0.1, 0.15) is 0 Å². The molecule has 0 aliphatic carbocycles. The summed E-state index contributed by atoms with van der Waals surface area (Å²) < 4.78 is 0. The maximum Gasteiger partial charge on any atom is 0.312 e. The molecule has 0 aliphatic rings. The Morgan fingerprint density at radius 1 is 1.88 bits per heavy atom. The number of carbonyl (C=O) groups is 1. The van der Waals surface area contributed by atoms with Crippen molar-refractivity contribution in [3.8, 4) is 0 Å². The molecular weight excluding hydrogens is 106 g/mol. The Bertz CT molecular complexity index is 95.9. The van der Waals surface area contributed by atoms with Crippen molar-refractivity contribution in [3.05, 3.63) is 0 Å². The third-order valence-corrected chi connectivity index (χ3v) is 0.528. The van der Waals surface area contributed by atoms with Crippen LogP contribution in [0.25, 0.3) is 0 Å². The van der Waals surface area contributed by atoms with E-state index in [-0.39, 0.29) is 6.54 Å². The number of urea groups is 1. The van der Waals surface area contributed by atoms with Gasteiger partial charge in [0.25, 0.3) is 0 Å². The standard InChI is InChI=1S/C4H9N3O/c1-3(5)2-7-4(6)8/h5H,2H2,1H3,(H3,6,7,8). The van der Waals surface area contributed by atoms with Gasteiger partial charge < -0.3 is 16.5 Å². The molecule has 0 unspecified atom stereocenters. The summed E-state index contributed by atoms with van der Waals surface area (Å²) in [5.41, 5.74) is 5.09. The highest BCUT2D eigenvalue weighted by molar-refractivity contribution is 5.84. The summed E-state index contributed by atoms with van der Waals surface area (Å²) in [6.07, 6.45) is 0. The van der Waals surface area contributed by atoms with Crippen molar-refractivity contribution in [1.82, 2.24) is 5.32 Å². The van der Waals surface area contributed by atoms with Gasteiger partial charge >= 0.3 is 6.03 Å². The van der Waals surface area contributed by atoms with Gasteiger partial charge in [0.2, 0.25) is 0 Å². The van der Waals surface area contributed by atoms with Crippen LogP contribution in [-0.2, 0) is 0 Å².